The van der Waals surface area contributed by atoms with E-state index in [4.69, 9.17) is 14.2 Å². The normalized spacial score (nSPS) is 44.3. The summed E-state index contributed by atoms with van der Waals surface area (Å²) in [7, 11) is 0. The molecule has 0 aromatic heterocycles. The summed E-state index contributed by atoms with van der Waals surface area (Å²) in [5.41, 5.74) is 0. The number of epoxide rings is 1. The fraction of sp³-hybridized carbons (Fsp3) is 0.778. The van der Waals surface area contributed by atoms with Crippen LogP contribution >= 0.6 is 0 Å². The van der Waals surface area contributed by atoms with Crippen molar-refractivity contribution in [2.24, 2.45) is 0 Å². The van der Waals surface area contributed by atoms with Gasteiger partial charge in [-0.15, -0.1) is 6.58 Å². The van der Waals surface area contributed by atoms with E-state index in [1.807, 2.05) is 13.8 Å². The van der Waals surface area contributed by atoms with E-state index in [0.717, 1.165) is 0 Å². The molecular weight excluding hydrogens is 156 g/mol. The van der Waals surface area contributed by atoms with E-state index in [1.165, 1.54) is 0 Å². The molecular formula is C9H14O3. The zero-order chi connectivity index (χ0) is 8.77. The van der Waals surface area contributed by atoms with Crippen molar-refractivity contribution >= 4 is 0 Å². The Kier molecular flexibility index (Phi) is 1.75. The van der Waals surface area contributed by atoms with Crippen LogP contribution in [0.15, 0.2) is 12.7 Å². The summed E-state index contributed by atoms with van der Waals surface area (Å²) in [6.07, 6.45) is 2.24. The summed E-state index contributed by atoms with van der Waals surface area (Å²) in [6, 6.07) is 0. The highest BCUT2D eigenvalue weighted by Crippen LogP contribution is 2.34. The van der Waals surface area contributed by atoms with Crippen molar-refractivity contribution in [1.82, 2.24) is 0 Å². The second-order valence-electron chi connectivity index (χ2n) is 3.67. The summed E-state index contributed by atoms with van der Waals surface area (Å²) in [5.74, 6) is -0.442. The molecule has 2 fully saturated rings. The van der Waals surface area contributed by atoms with Crippen LogP contribution in [0.4, 0.5) is 0 Å². The van der Waals surface area contributed by atoms with Gasteiger partial charge in [-0.2, -0.15) is 0 Å². The van der Waals surface area contributed by atoms with Gasteiger partial charge in [0.05, 0.1) is 6.61 Å². The number of rotatable bonds is 2. The third-order valence-corrected chi connectivity index (χ3v) is 2.19. The van der Waals surface area contributed by atoms with Crippen LogP contribution in [0, 0.1) is 0 Å². The van der Waals surface area contributed by atoms with Crippen LogP contribution in [0.2, 0.25) is 0 Å². The molecule has 12 heavy (non-hydrogen) atoms. The van der Waals surface area contributed by atoms with Crippen LogP contribution < -0.4 is 0 Å². The predicted molar refractivity (Wildman–Crippen MR) is 43.8 cm³/mol. The van der Waals surface area contributed by atoms with Crippen LogP contribution in [0.3, 0.4) is 0 Å². The van der Waals surface area contributed by atoms with Gasteiger partial charge in [0, 0.05) is 0 Å². The van der Waals surface area contributed by atoms with Crippen molar-refractivity contribution < 1.29 is 14.2 Å². The molecule has 0 bridgehead atoms. The van der Waals surface area contributed by atoms with Gasteiger partial charge in [0.2, 0.25) is 0 Å². The van der Waals surface area contributed by atoms with E-state index in [2.05, 4.69) is 6.58 Å². The molecule has 0 saturated carbocycles. The first kappa shape index (κ1) is 8.23. The Balaban J connectivity index is 1.89. The fourth-order valence-electron chi connectivity index (χ4n) is 1.50. The van der Waals surface area contributed by atoms with E-state index in [0.29, 0.717) is 6.61 Å². The molecule has 3 heteroatoms. The van der Waals surface area contributed by atoms with Gasteiger partial charge in [-0.05, 0) is 13.8 Å². The minimum Gasteiger partial charge on any atom is -0.362 e. The molecule has 0 amide bonds. The number of hydrogen-bond acceptors (Lipinski definition) is 3. The monoisotopic (exact) mass is 170 g/mol. The molecule has 0 aliphatic carbocycles. The van der Waals surface area contributed by atoms with Crippen molar-refractivity contribution in [1.29, 1.82) is 0 Å². The fourth-order valence-corrected chi connectivity index (χ4v) is 1.50. The lowest BCUT2D eigenvalue weighted by Crippen LogP contribution is -2.24. The lowest BCUT2D eigenvalue weighted by Gasteiger charge is -2.16. The highest BCUT2D eigenvalue weighted by Gasteiger charge is 2.49. The van der Waals surface area contributed by atoms with Crippen molar-refractivity contribution in [2.75, 3.05) is 6.61 Å². The molecule has 2 aliphatic rings. The summed E-state index contributed by atoms with van der Waals surface area (Å²) in [4.78, 5) is 0. The Labute approximate surface area is 72.3 Å². The summed E-state index contributed by atoms with van der Waals surface area (Å²) >= 11 is 0. The van der Waals surface area contributed by atoms with E-state index < -0.39 is 5.79 Å². The molecule has 68 valence electrons. The largest absolute Gasteiger partial charge is 0.362 e. The van der Waals surface area contributed by atoms with Crippen molar-refractivity contribution in [2.45, 2.75) is 37.9 Å². The van der Waals surface area contributed by atoms with Crippen LogP contribution in [0.5, 0.6) is 0 Å². The van der Waals surface area contributed by atoms with Gasteiger partial charge in [0.25, 0.3) is 0 Å². The predicted octanol–water partition coefficient (Wildman–Crippen LogP) is 1.09. The van der Waals surface area contributed by atoms with E-state index in [9.17, 15) is 0 Å². The van der Waals surface area contributed by atoms with E-state index in [1.54, 1.807) is 6.08 Å². The zero-order valence-corrected chi connectivity index (χ0v) is 7.45. The molecule has 0 radical (unpaired) electrons. The second kappa shape index (κ2) is 2.55. The van der Waals surface area contributed by atoms with Crippen molar-refractivity contribution in [3.8, 4) is 0 Å². The van der Waals surface area contributed by atoms with Crippen LogP contribution in [-0.2, 0) is 14.2 Å². The molecule has 3 atom stereocenters. The maximum absolute atomic E-state index is 5.61. The SMILES string of the molecule is C=CC1OC1[C@H]1COC(C)(C)O1. The minimum atomic E-state index is -0.442. The van der Waals surface area contributed by atoms with Crippen molar-refractivity contribution in [3.05, 3.63) is 12.7 Å². The number of ether oxygens (including phenoxy) is 3. The summed E-state index contributed by atoms with van der Waals surface area (Å²) in [5, 5.41) is 0. The minimum absolute atomic E-state index is 0.0861. The third-order valence-electron chi connectivity index (χ3n) is 2.19. The van der Waals surface area contributed by atoms with Gasteiger partial charge >= 0.3 is 0 Å². The summed E-state index contributed by atoms with van der Waals surface area (Å²) in [6.45, 7) is 8.12. The van der Waals surface area contributed by atoms with Crippen LogP contribution in [-0.4, -0.2) is 30.7 Å². The molecule has 2 aliphatic heterocycles. The van der Waals surface area contributed by atoms with Gasteiger partial charge in [-0.3, -0.25) is 0 Å². The summed E-state index contributed by atoms with van der Waals surface area (Å²) < 4.78 is 16.3. The van der Waals surface area contributed by atoms with Crippen LogP contribution in [0.25, 0.3) is 0 Å². The molecule has 2 unspecified atom stereocenters. The average molecular weight is 170 g/mol. The average Bonchev–Trinajstić information content (AvgIpc) is 2.70. The van der Waals surface area contributed by atoms with Crippen LogP contribution in [0.1, 0.15) is 13.8 Å². The second-order valence-corrected chi connectivity index (χ2v) is 3.67. The Morgan fingerprint density at radius 3 is 2.67 bits per heavy atom. The molecule has 2 heterocycles. The zero-order valence-electron chi connectivity index (χ0n) is 7.45. The first-order valence-corrected chi connectivity index (χ1v) is 4.22. The third kappa shape index (κ3) is 1.40. The Bertz CT molecular complexity index is 200. The molecule has 2 rings (SSSR count). The first-order valence-electron chi connectivity index (χ1n) is 4.22. The highest BCUT2D eigenvalue weighted by atomic mass is 16.8. The molecule has 3 nitrogen and oxygen atoms in total. The maximum atomic E-state index is 5.61. The van der Waals surface area contributed by atoms with E-state index in [-0.39, 0.29) is 18.3 Å². The lowest BCUT2D eigenvalue weighted by molar-refractivity contribution is -0.140. The Morgan fingerprint density at radius 1 is 1.50 bits per heavy atom. The van der Waals surface area contributed by atoms with Gasteiger partial charge in [0.15, 0.2) is 5.79 Å². The van der Waals surface area contributed by atoms with Gasteiger partial charge < -0.3 is 14.2 Å². The molecule has 0 aromatic rings. The lowest BCUT2D eigenvalue weighted by atomic mass is 10.2. The van der Waals surface area contributed by atoms with Gasteiger partial charge in [-0.25, -0.2) is 0 Å². The van der Waals surface area contributed by atoms with Gasteiger partial charge in [-0.1, -0.05) is 6.08 Å². The topological polar surface area (TPSA) is 31.0 Å². The quantitative estimate of drug-likeness (QED) is 0.459. The number of hydrogen-bond donors (Lipinski definition) is 0. The maximum Gasteiger partial charge on any atom is 0.163 e. The molecule has 0 aromatic carbocycles. The Morgan fingerprint density at radius 2 is 2.25 bits per heavy atom. The van der Waals surface area contributed by atoms with E-state index >= 15 is 0 Å². The Hall–Kier alpha value is -0.380. The smallest absolute Gasteiger partial charge is 0.163 e. The highest BCUT2D eigenvalue weighted by molar-refractivity contribution is 5.03. The van der Waals surface area contributed by atoms with Crippen molar-refractivity contribution in [3.63, 3.8) is 0 Å². The molecule has 2 saturated heterocycles. The molecule has 0 spiro atoms. The standard InChI is InChI=1S/C9H14O3/c1-4-6-8(11-6)7-5-10-9(2,3)12-7/h4,6-8H,1,5H2,2-3H3/t6?,7-,8?/m1/s1. The first-order chi connectivity index (χ1) is 5.62. The molecule has 0 N–H and O–H groups in total. The van der Waals surface area contributed by atoms with Gasteiger partial charge in [0.1, 0.15) is 18.3 Å².